The molecule has 0 radical (unpaired) electrons. The number of amides is 2. The van der Waals surface area contributed by atoms with Crippen LogP contribution in [0.1, 0.15) is 23.7 Å². The average Bonchev–Trinajstić information content (AvgIpc) is 2.53. The zero-order chi connectivity index (χ0) is 14.8. The number of piperazine rings is 1. The fraction of sp³-hybridized carbons (Fsp3) is 0.467. The van der Waals surface area contributed by atoms with Gasteiger partial charge >= 0.3 is 0 Å². The number of para-hydroxylation sites is 1. The quantitative estimate of drug-likeness (QED) is 0.875. The van der Waals surface area contributed by atoms with Crippen molar-refractivity contribution in [2.75, 3.05) is 26.3 Å². The molecule has 1 atom stereocenters. The standard InChI is InChI=1S/C15H18N2O4/c1-2-11-14(18)16-6-7-17(11)15(19)10-4-3-5-12-13(10)21-9-8-20-12/h3-5,11H,2,6-9H2,1H3,(H,16,18). The number of rotatable bonds is 2. The summed E-state index contributed by atoms with van der Waals surface area (Å²) < 4.78 is 11.1. The normalized spacial score (nSPS) is 20.9. The Morgan fingerprint density at radius 1 is 1.38 bits per heavy atom. The summed E-state index contributed by atoms with van der Waals surface area (Å²) in [5.41, 5.74) is 0.459. The van der Waals surface area contributed by atoms with Crippen LogP contribution >= 0.6 is 0 Å². The van der Waals surface area contributed by atoms with Crippen LogP contribution in [0.15, 0.2) is 18.2 Å². The molecule has 1 fully saturated rings. The molecule has 3 rings (SSSR count). The Bertz CT molecular complexity index is 573. The van der Waals surface area contributed by atoms with Crippen molar-refractivity contribution in [3.63, 3.8) is 0 Å². The lowest BCUT2D eigenvalue weighted by molar-refractivity contribution is -0.127. The summed E-state index contributed by atoms with van der Waals surface area (Å²) in [4.78, 5) is 26.3. The van der Waals surface area contributed by atoms with Gasteiger partial charge in [0.15, 0.2) is 11.5 Å². The fourth-order valence-electron chi connectivity index (χ4n) is 2.76. The van der Waals surface area contributed by atoms with Gasteiger partial charge in [-0.2, -0.15) is 0 Å². The predicted molar refractivity (Wildman–Crippen MR) is 75.6 cm³/mol. The van der Waals surface area contributed by atoms with Crippen LogP contribution in [0.3, 0.4) is 0 Å². The highest BCUT2D eigenvalue weighted by Crippen LogP contribution is 2.34. The van der Waals surface area contributed by atoms with Crippen molar-refractivity contribution in [1.82, 2.24) is 10.2 Å². The van der Waals surface area contributed by atoms with Gasteiger partial charge in [-0.15, -0.1) is 0 Å². The molecule has 2 aliphatic rings. The number of hydrogen-bond donors (Lipinski definition) is 1. The molecule has 0 saturated carbocycles. The van der Waals surface area contributed by atoms with E-state index in [4.69, 9.17) is 9.47 Å². The van der Waals surface area contributed by atoms with Gasteiger partial charge in [-0.1, -0.05) is 13.0 Å². The molecule has 6 heteroatoms. The van der Waals surface area contributed by atoms with E-state index in [1.165, 1.54) is 0 Å². The lowest BCUT2D eigenvalue weighted by Crippen LogP contribution is -2.56. The smallest absolute Gasteiger partial charge is 0.258 e. The average molecular weight is 290 g/mol. The monoisotopic (exact) mass is 290 g/mol. The highest BCUT2D eigenvalue weighted by atomic mass is 16.6. The number of nitrogens with one attached hydrogen (secondary N) is 1. The van der Waals surface area contributed by atoms with Crippen LogP contribution in [0.4, 0.5) is 0 Å². The third-order valence-electron chi connectivity index (χ3n) is 3.77. The van der Waals surface area contributed by atoms with Gasteiger partial charge in [-0.3, -0.25) is 9.59 Å². The van der Waals surface area contributed by atoms with Crippen molar-refractivity contribution in [2.45, 2.75) is 19.4 Å². The van der Waals surface area contributed by atoms with Crippen LogP contribution in [0.25, 0.3) is 0 Å². The molecule has 0 bridgehead atoms. The van der Waals surface area contributed by atoms with Crippen LogP contribution in [-0.2, 0) is 4.79 Å². The summed E-state index contributed by atoms with van der Waals surface area (Å²) >= 11 is 0. The van der Waals surface area contributed by atoms with Crippen LogP contribution < -0.4 is 14.8 Å². The fourth-order valence-corrected chi connectivity index (χ4v) is 2.76. The molecule has 1 unspecified atom stereocenters. The van der Waals surface area contributed by atoms with Crippen LogP contribution in [0.2, 0.25) is 0 Å². The molecule has 112 valence electrons. The third-order valence-corrected chi connectivity index (χ3v) is 3.77. The van der Waals surface area contributed by atoms with Gasteiger partial charge in [0.25, 0.3) is 5.91 Å². The summed E-state index contributed by atoms with van der Waals surface area (Å²) in [5.74, 6) is 0.786. The first kappa shape index (κ1) is 13.7. The van der Waals surface area contributed by atoms with Crippen molar-refractivity contribution in [2.24, 2.45) is 0 Å². The Labute approximate surface area is 123 Å². The number of hydrogen-bond acceptors (Lipinski definition) is 4. The van der Waals surface area contributed by atoms with E-state index in [1.54, 1.807) is 23.1 Å². The molecule has 0 spiro atoms. The minimum Gasteiger partial charge on any atom is -0.486 e. The van der Waals surface area contributed by atoms with Gasteiger partial charge in [0, 0.05) is 13.1 Å². The lowest BCUT2D eigenvalue weighted by Gasteiger charge is -2.35. The van der Waals surface area contributed by atoms with E-state index in [1.807, 2.05) is 6.92 Å². The van der Waals surface area contributed by atoms with Crippen molar-refractivity contribution >= 4 is 11.8 Å². The molecule has 2 amide bonds. The van der Waals surface area contributed by atoms with E-state index < -0.39 is 6.04 Å². The molecule has 1 N–H and O–H groups in total. The summed E-state index contributed by atoms with van der Waals surface area (Å²) in [7, 11) is 0. The molecular formula is C15H18N2O4. The second-order valence-corrected chi connectivity index (χ2v) is 5.04. The van der Waals surface area contributed by atoms with Crippen molar-refractivity contribution < 1.29 is 19.1 Å². The number of benzene rings is 1. The Kier molecular flexibility index (Phi) is 3.68. The minimum absolute atomic E-state index is 0.0981. The number of carbonyl (C=O) groups is 2. The zero-order valence-corrected chi connectivity index (χ0v) is 11.9. The summed E-state index contributed by atoms with van der Waals surface area (Å²) in [6.45, 7) is 3.79. The number of nitrogens with zero attached hydrogens (tertiary/aromatic N) is 1. The summed E-state index contributed by atoms with van der Waals surface area (Å²) in [6.07, 6.45) is 0.587. The SMILES string of the molecule is CCC1C(=O)NCCN1C(=O)c1cccc2c1OCCO2. The molecular weight excluding hydrogens is 272 g/mol. The number of carbonyl (C=O) groups excluding carboxylic acids is 2. The van der Waals surface area contributed by atoms with E-state index in [9.17, 15) is 9.59 Å². The lowest BCUT2D eigenvalue weighted by atomic mass is 10.1. The van der Waals surface area contributed by atoms with Gasteiger partial charge in [0.2, 0.25) is 5.91 Å². The predicted octanol–water partition coefficient (Wildman–Crippen LogP) is 0.808. The van der Waals surface area contributed by atoms with Crippen molar-refractivity contribution in [3.05, 3.63) is 23.8 Å². The Morgan fingerprint density at radius 3 is 3.00 bits per heavy atom. The van der Waals surface area contributed by atoms with Gasteiger partial charge in [0.05, 0.1) is 5.56 Å². The highest BCUT2D eigenvalue weighted by molar-refractivity contribution is 6.00. The molecule has 1 saturated heterocycles. The van der Waals surface area contributed by atoms with Gasteiger partial charge in [-0.25, -0.2) is 0 Å². The summed E-state index contributed by atoms with van der Waals surface area (Å²) in [6, 6.07) is 4.85. The van der Waals surface area contributed by atoms with E-state index in [-0.39, 0.29) is 11.8 Å². The first-order chi connectivity index (χ1) is 10.2. The van der Waals surface area contributed by atoms with Crippen molar-refractivity contribution in [1.29, 1.82) is 0 Å². The van der Waals surface area contributed by atoms with Gasteiger partial charge < -0.3 is 19.7 Å². The van der Waals surface area contributed by atoms with Gasteiger partial charge in [0.1, 0.15) is 19.3 Å². The molecule has 0 aliphatic carbocycles. The highest BCUT2D eigenvalue weighted by Gasteiger charge is 2.34. The Hall–Kier alpha value is -2.24. The van der Waals surface area contributed by atoms with E-state index in [0.29, 0.717) is 49.8 Å². The molecule has 6 nitrogen and oxygen atoms in total. The number of ether oxygens (including phenoxy) is 2. The first-order valence-electron chi connectivity index (χ1n) is 7.19. The topological polar surface area (TPSA) is 67.9 Å². The molecule has 1 aromatic carbocycles. The van der Waals surface area contributed by atoms with E-state index in [2.05, 4.69) is 5.32 Å². The molecule has 21 heavy (non-hydrogen) atoms. The first-order valence-corrected chi connectivity index (χ1v) is 7.19. The largest absolute Gasteiger partial charge is 0.486 e. The minimum atomic E-state index is -0.424. The van der Waals surface area contributed by atoms with Crippen LogP contribution in [0, 0.1) is 0 Å². The van der Waals surface area contributed by atoms with E-state index in [0.717, 1.165) is 0 Å². The summed E-state index contributed by atoms with van der Waals surface area (Å²) in [5, 5.41) is 2.79. The van der Waals surface area contributed by atoms with E-state index >= 15 is 0 Å². The third kappa shape index (κ3) is 2.41. The maximum Gasteiger partial charge on any atom is 0.258 e. The maximum atomic E-state index is 12.8. The second-order valence-electron chi connectivity index (χ2n) is 5.04. The van der Waals surface area contributed by atoms with Crippen LogP contribution in [0.5, 0.6) is 11.5 Å². The molecule has 2 aliphatic heterocycles. The Balaban J connectivity index is 1.93. The maximum absolute atomic E-state index is 12.8. The Morgan fingerprint density at radius 2 is 2.19 bits per heavy atom. The van der Waals surface area contributed by atoms with Gasteiger partial charge in [-0.05, 0) is 18.6 Å². The molecule has 1 aromatic rings. The molecule has 0 aromatic heterocycles. The van der Waals surface area contributed by atoms with Crippen LogP contribution in [-0.4, -0.2) is 49.1 Å². The second kappa shape index (κ2) is 5.63. The molecule has 2 heterocycles. The number of fused-ring (bicyclic) bond motifs is 1. The zero-order valence-electron chi connectivity index (χ0n) is 11.9. The van der Waals surface area contributed by atoms with Crippen molar-refractivity contribution in [3.8, 4) is 11.5 Å².